The zero-order valence-corrected chi connectivity index (χ0v) is 12.7. The van der Waals surface area contributed by atoms with Gasteiger partial charge in [0.05, 0.1) is 11.1 Å². The van der Waals surface area contributed by atoms with Crippen LogP contribution in [0.3, 0.4) is 0 Å². The second-order valence-corrected chi connectivity index (χ2v) is 5.95. The Hall–Kier alpha value is -2.01. The average Bonchev–Trinajstić information content (AvgIpc) is 3.26. The molecule has 2 aromatic carbocycles. The SMILES string of the molecule is O=C(N[C@@H]1C[C@@H]1c1ccc(Cl)cc1)c1ccccc1C(F)(F)F. The number of nitrogens with one attached hydrogen (secondary N) is 1. The smallest absolute Gasteiger partial charge is 0.349 e. The molecule has 0 unspecified atom stereocenters. The molecule has 0 saturated heterocycles. The summed E-state index contributed by atoms with van der Waals surface area (Å²) in [7, 11) is 0. The first kappa shape index (κ1) is 15.9. The summed E-state index contributed by atoms with van der Waals surface area (Å²) in [5.74, 6) is -0.575. The van der Waals surface area contributed by atoms with Gasteiger partial charge < -0.3 is 5.32 Å². The van der Waals surface area contributed by atoms with Gasteiger partial charge in [0.15, 0.2) is 0 Å². The maximum Gasteiger partial charge on any atom is 0.417 e. The second-order valence-electron chi connectivity index (χ2n) is 5.52. The van der Waals surface area contributed by atoms with Crippen molar-refractivity contribution in [2.45, 2.75) is 24.6 Å². The Labute approximate surface area is 136 Å². The van der Waals surface area contributed by atoms with Gasteiger partial charge in [-0.1, -0.05) is 35.9 Å². The largest absolute Gasteiger partial charge is 0.417 e. The summed E-state index contributed by atoms with van der Waals surface area (Å²) in [6.07, 6.45) is -3.84. The van der Waals surface area contributed by atoms with Crippen LogP contribution >= 0.6 is 11.6 Å². The molecule has 6 heteroatoms. The molecule has 0 heterocycles. The van der Waals surface area contributed by atoms with Crippen LogP contribution in [-0.4, -0.2) is 11.9 Å². The summed E-state index contributed by atoms with van der Waals surface area (Å²) in [5.41, 5.74) is -0.244. The normalized spacial score (nSPS) is 20.2. The van der Waals surface area contributed by atoms with Gasteiger partial charge in [-0.3, -0.25) is 4.79 Å². The Bertz CT molecular complexity index is 727. The van der Waals surface area contributed by atoms with Crippen LogP contribution in [0.5, 0.6) is 0 Å². The van der Waals surface area contributed by atoms with Gasteiger partial charge in [-0.2, -0.15) is 13.2 Å². The van der Waals surface area contributed by atoms with E-state index >= 15 is 0 Å². The topological polar surface area (TPSA) is 29.1 Å². The number of benzene rings is 2. The minimum absolute atomic E-state index is 0.120. The number of hydrogen-bond acceptors (Lipinski definition) is 1. The molecule has 3 rings (SSSR count). The zero-order chi connectivity index (χ0) is 16.6. The van der Waals surface area contributed by atoms with Gasteiger partial charge in [-0.15, -0.1) is 0 Å². The molecule has 1 aliphatic rings. The number of carbonyl (C=O) groups excluding carboxylic acids is 1. The van der Waals surface area contributed by atoms with Crippen molar-refractivity contribution in [1.82, 2.24) is 5.32 Å². The van der Waals surface area contributed by atoms with Crippen molar-refractivity contribution >= 4 is 17.5 Å². The van der Waals surface area contributed by atoms with Gasteiger partial charge in [-0.25, -0.2) is 0 Å². The molecule has 1 N–H and O–H groups in total. The number of hydrogen-bond donors (Lipinski definition) is 1. The van der Waals surface area contributed by atoms with Crippen LogP contribution in [0.25, 0.3) is 0 Å². The van der Waals surface area contributed by atoms with Crippen molar-refractivity contribution in [2.24, 2.45) is 0 Å². The van der Waals surface area contributed by atoms with Gasteiger partial charge in [-0.05, 0) is 36.2 Å². The molecule has 2 aromatic rings. The first-order valence-electron chi connectivity index (χ1n) is 7.09. The van der Waals surface area contributed by atoms with E-state index in [2.05, 4.69) is 5.32 Å². The summed E-state index contributed by atoms with van der Waals surface area (Å²) in [4.78, 5) is 12.2. The highest BCUT2D eigenvalue weighted by atomic mass is 35.5. The van der Waals surface area contributed by atoms with Gasteiger partial charge in [0.25, 0.3) is 5.91 Å². The number of halogens is 4. The average molecular weight is 340 g/mol. The van der Waals surface area contributed by atoms with Gasteiger partial charge in [0.2, 0.25) is 0 Å². The lowest BCUT2D eigenvalue weighted by Crippen LogP contribution is -2.28. The van der Waals surface area contributed by atoms with Crippen molar-refractivity contribution in [2.75, 3.05) is 0 Å². The Kier molecular flexibility index (Phi) is 4.06. The highest BCUT2D eigenvalue weighted by Gasteiger charge is 2.41. The van der Waals surface area contributed by atoms with Crippen LogP contribution in [0, 0.1) is 0 Å². The summed E-state index contributed by atoms with van der Waals surface area (Å²) < 4.78 is 38.8. The first-order valence-corrected chi connectivity index (χ1v) is 7.46. The Balaban J connectivity index is 1.71. The van der Waals surface area contributed by atoms with Crippen LogP contribution in [0.4, 0.5) is 13.2 Å². The number of rotatable bonds is 3. The summed E-state index contributed by atoms with van der Waals surface area (Å²) in [6.45, 7) is 0. The molecule has 0 bridgehead atoms. The molecule has 0 radical (unpaired) electrons. The lowest BCUT2D eigenvalue weighted by molar-refractivity contribution is -0.137. The predicted molar refractivity (Wildman–Crippen MR) is 81.5 cm³/mol. The van der Waals surface area contributed by atoms with E-state index in [9.17, 15) is 18.0 Å². The molecule has 1 fully saturated rings. The first-order chi connectivity index (χ1) is 10.9. The van der Waals surface area contributed by atoms with Crippen LogP contribution in [0.1, 0.15) is 33.8 Å². The third-order valence-corrected chi connectivity index (χ3v) is 4.13. The van der Waals surface area contributed by atoms with Crippen LogP contribution < -0.4 is 5.32 Å². The molecule has 0 spiro atoms. The number of amides is 1. The van der Waals surface area contributed by atoms with E-state index in [4.69, 9.17) is 11.6 Å². The maximum atomic E-state index is 12.9. The molecule has 1 amide bonds. The number of alkyl halides is 3. The third-order valence-electron chi connectivity index (χ3n) is 3.88. The third kappa shape index (κ3) is 3.50. The van der Waals surface area contributed by atoms with Gasteiger partial charge in [0.1, 0.15) is 0 Å². The Morgan fingerprint density at radius 1 is 1.09 bits per heavy atom. The molecule has 1 aliphatic carbocycles. The highest BCUT2D eigenvalue weighted by molar-refractivity contribution is 6.30. The molecule has 2 atom stereocenters. The van der Waals surface area contributed by atoms with Crippen molar-refractivity contribution in [3.8, 4) is 0 Å². The molecule has 23 heavy (non-hydrogen) atoms. The van der Waals surface area contributed by atoms with E-state index in [1.165, 1.54) is 18.2 Å². The standard InChI is InChI=1S/C17H13ClF3NO/c18-11-7-5-10(6-8-11)13-9-15(13)22-16(23)12-3-1-2-4-14(12)17(19,20)21/h1-8,13,15H,9H2,(H,22,23)/t13-,15-/m1/s1. The van der Waals surface area contributed by atoms with Gasteiger partial charge >= 0.3 is 6.18 Å². The quantitative estimate of drug-likeness (QED) is 0.867. The lowest BCUT2D eigenvalue weighted by atomic mass is 10.1. The van der Waals surface area contributed by atoms with Crippen molar-refractivity contribution in [1.29, 1.82) is 0 Å². The van der Waals surface area contributed by atoms with Crippen molar-refractivity contribution < 1.29 is 18.0 Å². The summed E-state index contributed by atoms with van der Waals surface area (Å²) in [6, 6.07) is 11.9. The zero-order valence-electron chi connectivity index (χ0n) is 11.9. The molecule has 120 valence electrons. The minimum atomic E-state index is -4.55. The van der Waals surface area contributed by atoms with E-state index in [1.54, 1.807) is 12.1 Å². The molecular formula is C17H13ClF3NO. The van der Waals surface area contributed by atoms with Crippen LogP contribution in [0.2, 0.25) is 5.02 Å². The van der Waals surface area contributed by atoms with Crippen LogP contribution in [0.15, 0.2) is 48.5 Å². The van der Waals surface area contributed by atoms with E-state index in [0.29, 0.717) is 11.4 Å². The molecule has 0 aliphatic heterocycles. The van der Waals surface area contributed by atoms with E-state index in [0.717, 1.165) is 11.6 Å². The summed E-state index contributed by atoms with van der Waals surface area (Å²) in [5, 5.41) is 3.29. The lowest BCUT2D eigenvalue weighted by Gasteiger charge is -2.12. The molecule has 1 saturated carbocycles. The fourth-order valence-corrected chi connectivity index (χ4v) is 2.73. The fraction of sp³-hybridized carbons (Fsp3) is 0.235. The summed E-state index contributed by atoms with van der Waals surface area (Å²) >= 11 is 5.82. The molecule has 0 aromatic heterocycles. The fourth-order valence-electron chi connectivity index (χ4n) is 2.61. The van der Waals surface area contributed by atoms with Crippen molar-refractivity contribution in [3.05, 3.63) is 70.2 Å². The van der Waals surface area contributed by atoms with Crippen molar-refractivity contribution in [3.63, 3.8) is 0 Å². The van der Waals surface area contributed by atoms with E-state index in [1.807, 2.05) is 12.1 Å². The van der Waals surface area contributed by atoms with E-state index < -0.39 is 17.6 Å². The number of carbonyl (C=O) groups is 1. The molecule has 2 nitrogen and oxygen atoms in total. The predicted octanol–water partition coefficient (Wildman–Crippen LogP) is 4.64. The second kappa shape index (κ2) is 5.89. The monoisotopic (exact) mass is 339 g/mol. The highest BCUT2D eigenvalue weighted by Crippen LogP contribution is 2.41. The Morgan fingerprint density at radius 2 is 1.74 bits per heavy atom. The van der Waals surface area contributed by atoms with E-state index in [-0.39, 0.29) is 17.5 Å². The molecular weight excluding hydrogens is 327 g/mol. The maximum absolute atomic E-state index is 12.9. The van der Waals surface area contributed by atoms with Gasteiger partial charge in [0, 0.05) is 17.0 Å². The Morgan fingerprint density at radius 3 is 2.39 bits per heavy atom. The van der Waals surface area contributed by atoms with Crippen LogP contribution in [-0.2, 0) is 6.18 Å². The minimum Gasteiger partial charge on any atom is -0.349 e.